The van der Waals surface area contributed by atoms with Gasteiger partial charge in [-0.15, -0.1) is 115 Å². The van der Waals surface area contributed by atoms with Gasteiger partial charge in [-0.05, 0) is 64.1 Å². The lowest BCUT2D eigenvalue weighted by Gasteiger charge is -2.39. The summed E-state index contributed by atoms with van der Waals surface area (Å²) in [5, 5.41) is 34.8. The van der Waals surface area contributed by atoms with Crippen molar-refractivity contribution in [2.24, 2.45) is 30.6 Å². The third-order valence-corrected chi connectivity index (χ3v) is 40.6. The summed E-state index contributed by atoms with van der Waals surface area (Å²) >= 11 is 0. The molecule has 6 aromatic carbocycles. The molecule has 0 saturated heterocycles. The lowest BCUT2D eigenvalue weighted by Crippen LogP contribution is -2.46. The highest BCUT2D eigenvalue weighted by atomic mass is 31.2. The van der Waals surface area contributed by atoms with Gasteiger partial charge in [-0.2, -0.15) is 63.8 Å². The molecule has 6 aromatic rings. The molecule has 54 nitrogen and oxygen atoms in total. The Morgan fingerprint density at radius 3 is 0.353 bits per heavy atom. The topological polar surface area (TPSA) is 520 Å². The Morgan fingerprint density at radius 2 is 0.273 bits per heavy atom. The summed E-state index contributed by atoms with van der Waals surface area (Å²) in [6, 6.07) is 47.9. The van der Waals surface area contributed by atoms with Crippen molar-refractivity contribution in [3.05, 3.63) is 179 Å². The number of nitrogens with one attached hydrogen (secondary N) is 6. The molecule has 6 unspecified atom stereocenters. The van der Waals surface area contributed by atoms with Gasteiger partial charge in [0.1, 0.15) is 34.1 Å². The van der Waals surface area contributed by atoms with Crippen LogP contribution in [0.15, 0.2) is 176 Å². The minimum atomic E-state index is -3.88. The summed E-state index contributed by atoms with van der Waals surface area (Å²) in [4.78, 5) is 50.4. The fraction of sp³-hybridized carbons (Fsp3) is 0.462. The molecule has 0 fully saturated rings. The molecule has 0 radical (unpaired) electrons. The number of benzene rings is 6. The molecule has 0 bridgehead atoms. The van der Waals surface area contributed by atoms with Crippen molar-refractivity contribution in [1.82, 2.24) is 117 Å². The van der Waals surface area contributed by atoms with E-state index < -0.39 is 97.7 Å². The lowest BCUT2D eigenvalue weighted by molar-refractivity contribution is -0.175. The summed E-state index contributed by atoms with van der Waals surface area (Å²) in [6.07, 6.45) is 10.7. The maximum Gasteiger partial charge on any atom is 0.403 e. The Bertz CT molecular complexity index is 4370. The zero-order chi connectivity index (χ0) is 115. The van der Waals surface area contributed by atoms with Crippen molar-refractivity contribution < 1.29 is 110 Å². The zero-order valence-corrected chi connectivity index (χ0v) is 102. The maximum absolute atomic E-state index is 9.99. The Labute approximate surface area is 885 Å². The molecule has 0 aromatic heterocycles. The number of hydrogen-bond donors (Lipinski definition) is 6. The van der Waals surface area contributed by atoms with Gasteiger partial charge in [-0.1, -0.05) is 109 Å². The van der Waals surface area contributed by atoms with Crippen molar-refractivity contribution in [3.8, 4) is 0 Å². The van der Waals surface area contributed by atoms with Crippen LogP contribution in [0.25, 0.3) is 0 Å². The van der Waals surface area contributed by atoms with E-state index in [1.165, 1.54) is 0 Å². The van der Waals surface area contributed by atoms with E-state index in [9.17, 15) is 25.2 Å². The minimum absolute atomic E-state index is 0.947. The van der Waals surface area contributed by atoms with Gasteiger partial charge < -0.3 is 56.8 Å². The standard InChI is InChI=1S/6C13H24N6OP.6FH2O2P/c6*1-16(2)21(17(3)4,18(5)6)20-19-13-10-8-7-9-12(13)11-14-15-19;6*1-4(2)3/h6*7-11,15H,1-6H3;6*4H,(H,2,3)/q6*+1;;;;;;/p-6. The van der Waals surface area contributed by atoms with Crippen molar-refractivity contribution in [3.63, 3.8) is 0 Å². The van der Waals surface area contributed by atoms with Crippen LogP contribution in [-0.4, -0.2) is 375 Å². The highest BCUT2D eigenvalue weighted by Gasteiger charge is 2.60. The van der Waals surface area contributed by atoms with Gasteiger partial charge in [0.25, 0.3) is 0 Å². The Hall–Kier alpha value is -6.72. The van der Waals surface area contributed by atoms with E-state index in [1.54, 1.807) is 68.3 Å². The minimum Gasteiger partial charge on any atom is -0.777 e. The first-order valence-corrected chi connectivity index (χ1v) is 60.3. The fourth-order valence-electron chi connectivity index (χ4n) is 14.7. The molecule has 0 spiro atoms. The number of halogens is 6. The van der Waals surface area contributed by atoms with Crippen molar-refractivity contribution in [1.29, 1.82) is 0 Å². The molecule has 0 amide bonds. The molecule has 72 heteroatoms. The van der Waals surface area contributed by atoms with Gasteiger partial charge in [-0.25, -0.2) is 25.2 Å². The number of hydrogen-bond acceptors (Lipinski definition) is 54. The first kappa shape index (κ1) is 141. The lowest BCUT2D eigenvalue weighted by atomic mass is 10.2. The number of fused-ring (bicyclic) bond motifs is 6. The molecule has 6 atom stereocenters. The third-order valence-electron chi connectivity index (χ3n) is 19.6. The molecular formula is C78H150F6N36O18P12. The number of nitrogens with zero attached hydrogens (tertiary/aromatic N) is 30. The Balaban J connectivity index is 0.000000860. The van der Waals surface area contributed by atoms with E-state index in [0.717, 1.165) is 67.5 Å². The second-order valence-corrected chi connectivity index (χ2v) is 57.9. The number of hydrazine groups is 6. The first-order chi connectivity index (χ1) is 69.7. The van der Waals surface area contributed by atoms with E-state index >= 15 is 0 Å². The zero-order valence-electron chi connectivity index (χ0n) is 91.0. The molecule has 852 valence electrons. The van der Waals surface area contributed by atoms with Crippen LogP contribution in [0.1, 0.15) is 33.4 Å². The monoisotopic (exact) mass is 2360 g/mol. The average Bonchev–Trinajstić information content (AvgIpc) is 0.797. The maximum atomic E-state index is 9.99. The second-order valence-electron chi connectivity index (χ2n) is 33.5. The highest BCUT2D eigenvalue weighted by molar-refractivity contribution is 7.66. The average molecular weight is 2370 g/mol. The van der Waals surface area contributed by atoms with Gasteiger partial charge in [0.15, 0.2) is 50.0 Å². The molecule has 6 heterocycles. The predicted molar refractivity (Wildman–Crippen MR) is 593 cm³/mol. The van der Waals surface area contributed by atoms with Gasteiger partial charge in [0.2, 0.25) is 0 Å². The van der Waals surface area contributed by atoms with Crippen LogP contribution < -0.4 is 93.6 Å². The smallest absolute Gasteiger partial charge is 0.403 e. The summed E-state index contributed by atoms with van der Waals surface area (Å²) in [6.45, 7) is 0. The van der Waals surface area contributed by atoms with Crippen molar-refractivity contribution in [2.75, 3.05) is 285 Å². The molecule has 6 aliphatic rings. The van der Waals surface area contributed by atoms with E-state index in [4.69, 9.17) is 84.5 Å². The number of rotatable bonds is 30. The summed E-state index contributed by atoms with van der Waals surface area (Å²) in [5.41, 5.74) is 29.3. The van der Waals surface area contributed by atoms with Gasteiger partial charge >= 0.3 is 47.6 Å². The van der Waals surface area contributed by atoms with Crippen molar-refractivity contribution >= 4 is 169 Å². The Kier molecular flexibility index (Phi) is 64.7. The second kappa shape index (κ2) is 68.7. The van der Waals surface area contributed by atoms with Gasteiger partial charge in [0, 0.05) is 287 Å². The predicted octanol–water partition coefficient (Wildman–Crippen LogP) is 8.07. The van der Waals surface area contributed by atoms with Gasteiger partial charge in [0.05, 0.1) is 37.3 Å². The van der Waals surface area contributed by atoms with E-state index in [-0.39, 0.29) is 0 Å². The van der Waals surface area contributed by atoms with Crippen LogP contribution in [0.3, 0.4) is 0 Å². The quantitative estimate of drug-likeness (QED) is 0.0183. The molecule has 0 aliphatic carbocycles. The molecular weight excluding hydrogens is 2210 g/mol. The van der Waals surface area contributed by atoms with Crippen LogP contribution in [0, 0.1) is 0 Å². The fourth-order valence-corrected chi connectivity index (χ4v) is 32.3. The van der Waals surface area contributed by atoms with Gasteiger partial charge in [-0.3, -0.25) is 0 Å². The molecule has 12 rings (SSSR count). The van der Waals surface area contributed by atoms with Crippen LogP contribution in [-0.2, 0) is 55.1 Å². The molecule has 0 saturated carbocycles. The first-order valence-electron chi connectivity index (χ1n) is 43.7. The van der Waals surface area contributed by atoms with Crippen LogP contribution in [0.2, 0.25) is 0 Å². The third kappa shape index (κ3) is 42.0. The summed E-state index contributed by atoms with van der Waals surface area (Å²) in [5.74, 6) is 0. The number of para-hydroxylation sites is 6. The summed E-state index contributed by atoms with van der Waals surface area (Å²) < 4.78 is 187. The van der Waals surface area contributed by atoms with Crippen LogP contribution in [0.5, 0.6) is 0 Å². The number of hydrazone groups is 6. The molecule has 6 aliphatic heterocycles. The summed E-state index contributed by atoms with van der Waals surface area (Å²) in [7, 11) is 36.6. The highest BCUT2D eigenvalue weighted by Crippen LogP contribution is 2.70. The number of anilines is 6. The van der Waals surface area contributed by atoms with Crippen LogP contribution in [0.4, 0.5) is 59.3 Å². The normalized spacial score (nSPS) is 14.9. The van der Waals surface area contributed by atoms with Crippen LogP contribution >= 0.6 is 97.7 Å². The van der Waals surface area contributed by atoms with E-state index in [1.807, 2.05) is 399 Å². The van der Waals surface area contributed by atoms with E-state index in [0.29, 0.717) is 0 Å². The van der Waals surface area contributed by atoms with Crippen molar-refractivity contribution in [2.45, 2.75) is 0 Å². The Morgan fingerprint density at radius 1 is 0.193 bits per heavy atom. The molecule has 150 heavy (non-hydrogen) atoms. The van der Waals surface area contributed by atoms with E-state index in [2.05, 4.69) is 148 Å². The SMILES string of the molecule is CN(C)[P+](ON1NN=Cc2ccccc21)(N(C)C)N(C)C.CN(C)[P+](ON1NN=Cc2ccccc21)(N(C)C)N(C)C.CN(C)[P+](ON1NN=Cc2ccccc21)(N(C)C)N(C)C.CN(C)[P+](ON1NN=Cc2ccccc21)(N(C)C)N(C)C.CN(C)[P+](ON1NN=Cc2ccccc21)(N(C)C)N(C)C.CN(C)[P+](ON1NN=Cc2ccccc21)(N(C)C)N(C)C.O=[PH]([O-])F.O=[PH]([O-])F.O=[PH]([O-])F.O=[PH]([O-])F.O=[PH]([O-])F.O=[PH]([O-])F. The largest absolute Gasteiger partial charge is 0.777 e. The molecule has 6 N–H and O–H groups in total.